The molecule has 1 unspecified atom stereocenters. The van der Waals surface area contributed by atoms with Crippen molar-refractivity contribution in [1.29, 1.82) is 0 Å². The van der Waals surface area contributed by atoms with Gasteiger partial charge in [0.05, 0.1) is 25.0 Å². The smallest absolute Gasteiger partial charge is 0.188 e. The van der Waals surface area contributed by atoms with Gasteiger partial charge in [0, 0.05) is 16.6 Å². The number of methoxy groups -OCH3 is 1. The first-order chi connectivity index (χ1) is 14.7. The molecule has 1 fully saturated rings. The number of nitrogens with zero attached hydrogens (tertiary/aromatic N) is 2. The number of rotatable bonds is 6. The number of hydrogen-bond donors (Lipinski definition) is 2. The lowest BCUT2D eigenvalue weighted by atomic mass is 9.96. The standard InChI is InChI=1S/C23H25N3O3S/c1-28-15-10-8-14(9-11-15)17-12-13-24-22(21(17)29-16-4-2-5-16)26-23-25-20-18(27)6-3-7-19(20)30-23/h8-13,16,18,27H,2-7H2,1H3,(H,24,25,26). The number of benzene rings is 1. The summed E-state index contributed by atoms with van der Waals surface area (Å²) in [5.41, 5.74) is 2.84. The van der Waals surface area contributed by atoms with Crippen LogP contribution in [0.1, 0.15) is 48.8 Å². The van der Waals surface area contributed by atoms with Gasteiger partial charge in [0.2, 0.25) is 0 Å². The molecular formula is C23H25N3O3S. The first-order valence-corrected chi connectivity index (χ1v) is 11.3. The van der Waals surface area contributed by atoms with Crippen molar-refractivity contribution in [3.05, 3.63) is 47.1 Å². The number of anilines is 2. The van der Waals surface area contributed by atoms with Gasteiger partial charge >= 0.3 is 0 Å². The molecule has 0 saturated heterocycles. The topological polar surface area (TPSA) is 76.5 Å². The molecule has 30 heavy (non-hydrogen) atoms. The molecule has 2 aromatic heterocycles. The minimum Gasteiger partial charge on any atom is -0.497 e. The second kappa shape index (κ2) is 8.24. The van der Waals surface area contributed by atoms with Crippen LogP contribution in [0.3, 0.4) is 0 Å². The molecule has 3 aromatic rings. The molecule has 2 heterocycles. The molecule has 1 atom stereocenters. The third-order valence-corrected chi connectivity index (χ3v) is 6.84. The predicted octanol–water partition coefficient (Wildman–Crippen LogP) is 5.26. The highest BCUT2D eigenvalue weighted by molar-refractivity contribution is 7.15. The summed E-state index contributed by atoms with van der Waals surface area (Å²) in [5, 5.41) is 14.4. The normalized spacial score (nSPS) is 18.4. The minimum absolute atomic E-state index is 0.220. The highest BCUT2D eigenvalue weighted by Crippen LogP contribution is 2.41. The van der Waals surface area contributed by atoms with E-state index in [0.717, 1.165) is 70.4 Å². The second-order valence-corrected chi connectivity index (χ2v) is 8.88. The Morgan fingerprint density at radius 2 is 1.93 bits per heavy atom. The molecule has 156 valence electrons. The van der Waals surface area contributed by atoms with Gasteiger partial charge in [0.15, 0.2) is 16.7 Å². The van der Waals surface area contributed by atoms with E-state index in [4.69, 9.17) is 9.47 Å². The largest absolute Gasteiger partial charge is 0.497 e. The number of aromatic nitrogens is 2. The Bertz CT molecular complexity index is 1030. The fourth-order valence-electron chi connectivity index (χ4n) is 3.86. The van der Waals surface area contributed by atoms with Crippen LogP contribution in [0.4, 0.5) is 10.9 Å². The molecule has 0 aliphatic heterocycles. The molecule has 1 saturated carbocycles. The third-order valence-electron chi connectivity index (χ3n) is 5.79. The van der Waals surface area contributed by atoms with E-state index >= 15 is 0 Å². The van der Waals surface area contributed by atoms with Crippen molar-refractivity contribution in [3.8, 4) is 22.6 Å². The van der Waals surface area contributed by atoms with Gasteiger partial charge in [-0.1, -0.05) is 12.1 Å². The predicted molar refractivity (Wildman–Crippen MR) is 118 cm³/mol. The number of aryl methyl sites for hydroxylation is 1. The maximum absolute atomic E-state index is 10.3. The van der Waals surface area contributed by atoms with Gasteiger partial charge in [-0.3, -0.25) is 0 Å². The summed E-state index contributed by atoms with van der Waals surface area (Å²) in [6, 6.07) is 9.95. The molecule has 0 amide bonds. The van der Waals surface area contributed by atoms with Crippen molar-refractivity contribution in [2.75, 3.05) is 12.4 Å². The van der Waals surface area contributed by atoms with Crippen LogP contribution in [-0.4, -0.2) is 28.3 Å². The number of aliphatic hydroxyl groups excluding tert-OH is 1. The highest BCUT2D eigenvalue weighted by atomic mass is 32.1. The van der Waals surface area contributed by atoms with E-state index in [0.29, 0.717) is 5.82 Å². The lowest BCUT2D eigenvalue weighted by Crippen LogP contribution is -2.25. The first-order valence-electron chi connectivity index (χ1n) is 10.5. The van der Waals surface area contributed by atoms with E-state index in [9.17, 15) is 5.11 Å². The van der Waals surface area contributed by atoms with Gasteiger partial charge in [0.1, 0.15) is 5.75 Å². The number of thiazole rings is 1. The maximum Gasteiger partial charge on any atom is 0.188 e. The van der Waals surface area contributed by atoms with E-state index in [1.54, 1.807) is 24.6 Å². The van der Waals surface area contributed by atoms with Crippen molar-refractivity contribution >= 4 is 22.3 Å². The van der Waals surface area contributed by atoms with E-state index in [-0.39, 0.29) is 6.10 Å². The Hall–Kier alpha value is -2.64. The van der Waals surface area contributed by atoms with Gasteiger partial charge in [-0.05, 0) is 62.3 Å². The van der Waals surface area contributed by atoms with Crippen LogP contribution in [0, 0.1) is 0 Å². The molecule has 2 aliphatic rings. The number of hydrogen-bond acceptors (Lipinski definition) is 7. The molecule has 5 rings (SSSR count). The number of pyridine rings is 1. The van der Waals surface area contributed by atoms with Gasteiger partial charge in [-0.15, -0.1) is 11.3 Å². The van der Waals surface area contributed by atoms with Crippen LogP contribution in [0.15, 0.2) is 36.5 Å². The third kappa shape index (κ3) is 3.75. The van der Waals surface area contributed by atoms with Crippen LogP contribution in [-0.2, 0) is 6.42 Å². The van der Waals surface area contributed by atoms with Crippen molar-refractivity contribution in [2.45, 2.75) is 50.7 Å². The number of fused-ring (bicyclic) bond motifs is 1. The zero-order valence-corrected chi connectivity index (χ0v) is 17.7. The van der Waals surface area contributed by atoms with Gasteiger partial charge in [-0.25, -0.2) is 9.97 Å². The van der Waals surface area contributed by atoms with Crippen LogP contribution < -0.4 is 14.8 Å². The quantitative estimate of drug-likeness (QED) is 0.563. The number of ether oxygens (including phenoxy) is 2. The fourth-order valence-corrected chi connectivity index (χ4v) is 4.92. The molecule has 1 aromatic carbocycles. The summed E-state index contributed by atoms with van der Waals surface area (Å²) in [6.45, 7) is 0. The van der Waals surface area contributed by atoms with Crippen molar-refractivity contribution in [2.24, 2.45) is 0 Å². The zero-order chi connectivity index (χ0) is 20.5. The summed E-state index contributed by atoms with van der Waals surface area (Å²) in [5.74, 6) is 2.23. The summed E-state index contributed by atoms with van der Waals surface area (Å²) in [4.78, 5) is 10.4. The monoisotopic (exact) mass is 423 g/mol. The molecule has 2 aliphatic carbocycles. The van der Waals surface area contributed by atoms with E-state index < -0.39 is 6.10 Å². The Kier molecular flexibility index (Phi) is 5.31. The first kappa shape index (κ1) is 19.3. The lowest BCUT2D eigenvalue weighted by Gasteiger charge is -2.28. The van der Waals surface area contributed by atoms with Gasteiger partial charge in [0.25, 0.3) is 0 Å². The molecule has 0 bridgehead atoms. The SMILES string of the molecule is COc1ccc(-c2ccnc(Nc3nc4c(s3)CCCC4O)c2OC2CCC2)cc1. The summed E-state index contributed by atoms with van der Waals surface area (Å²) < 4.78 is 11.7. The van der Waals surface area contributed by atoms with E-state index in [1.165, 1.54) is 6.42 Å². The van der Waals surface area contributed by atoms with Crippen molar-refractivity contribution in [1.82, 2.24) is 9.97 Å². The maximum atomic E-state index is 10.3. The number of aliphatic hydroxyl groups is 1. The van der Waals surface area contributed by atoms with Crippen LogP contribution in [0.2, 0.25) is 0 Å². The van der Waals surface area contributed by atoms with E-state index in [2.05, 4.69) is 15.3 Å². The van der Waals surface area contributed by atoms with Gasteiger partial charge in [-0.2, -0.15) is 0 Å². The van der Waals surface area contributed by atoms with Crippen molar-refractivity contribution in [3.63, 3.8) is 0 Å². The average molecular weight is 424 g/mol. The minimum atomic E-state index is -0.468. The Labute approximate surface area is 179 Å². The van der Waals surface area contributed by atoms with Gasteiger partial charge < -0.3 is 19.9 Å². The second-order valence-electron chi connectivity index (χ2n) is 7.80. The molecule has 6 nitrogen and oxygen atoms in total. The zero-order valence-electron chi connectivity index (χ0n) is 16.9. The molecule has 0 spiro atoms. The Balaban J connectivity index is 1.50. The molecule has 0 radical (unpaired) electrons. The summed E-state index contributed by atoms with van der Waals surface area (Å²) in [7, 11) is 1.67. The average Bonchev–Trinajstić information content (AvgIpc) is 3.15. The fraction of sp³-hybridized carbons (Fsp3) is 0.391. The Morgan fingerprint density at radius 3 is 2.63 bits per heavy atom. The van der Waals surface area contributed by atoms with E-state index in [1.807, 2.05) is 30.3 Å². The lowest BCUT2D eigenvalue weighted by molar-refractivity contribution is 0.121. The highest BCUT2D eigenvalue weighted by Gasteiger charge is 2.26. The van der Waals surface area contributed by atoms with Crippen LogP contribution in [0.25, 0.3) is 11.1 Å². The number of nitrogens with one attached hydrogen (secondary N) is 1. The van der Waals surface area contributed by atoms with Crippen molar-refractivity contribution < 1.29 is 14.6 Å². The molecule has 7 heteroatoms. The van der Waals surface area contributed by atoms with Crippen LogP contribution >= 0.6 is 11.3 Å². The summed E-state index contributed by atoms with van der Waals surface area (Å²) >= 11 is 1.59. The van der Waals surface area contributed by atoms with Crippen LogP contribution in [0.5, 0.6) is 11.5 Å². The molecule has 2 N–H and O–H groups in total. The Morgan fingerprint density at radius 1 is 1.10 bits per heavy atom. The molecular weight excluding hydrogens is 398 g/mol. The summed E-state index contributed by atoms with van der Waals surface area (Å²) in [6.07, 6.45) is 7.61.